The molecule has 3 N–H and O–H groups in total. The highest BCUT2D eigenvalue weighted by Gasteiger charge is 2.33. The number of aromatic hydroxyl groups is 1. The fourth-order valence-corrected chi connectivity index (χ4v) is 3.82. The van der Waals surface area contributed by atoms with Gasteiger partial charge in [0.2, 0.25) is 0 Å². The van der Waals surface area contributed by atoms with Crippen molar-refractivity contribution >= 4 is 28.9 Å². The number of phenols is 1. The van der Waals surface area contributed by atoms with Crippen LogP contribution < -0.4 is 15.0 Å². The standard InChI is InChI=1S/C26H25ClF3N3O3/c1-32-24(26(28,29)30)14-22(31)21-11-10-19(13-23(21)34)33(15-16-6-8-18(27)9-7-16)25(35)17-4-3-5-20(12-17)36-2/h3-6,8-14,16,31-32,34H,7,15H2,1-2H3/b24-14-,31-22?. The number of benzene rings is 2. The van der Waals surface area contributed by atoms with Crippen molar-refractivity contribution in [1.29, 1.82) is 5.41 Å². The number of nitrogens with zero attached hydrogens (tertiary/aromatic N) is 1. The number of allylic oxidation sites excluding steroid dienone is 5. The van der Waals surface area contributed by atoms with E-state index in [1.54, 1.807) is 30.3 Å². The van der Waals surface area contributed by atoms with E-state index < -0.39 is 23.3 Å². The van der Waals surface area contributed by atoms with Crippen LogP contribution in [0.25, 0.3) is 0 Å². The Bertz CT molecular complexity index is 1240. The molecule has 1 aliphatic carbocycles. The number of ether oxygens (including phenoxy) is 1. The second kappa shape index (κ2) is 11.3. The van der Waals surface area contributed by atoms with Gasteiger partial charge in [0.05, 0.1) is 12.8 Å². The number of phenolic OH excluding ortho intramolecular Hbond substituents is 1. The lowest BCUT2D eigenvalue weighted by Crippen LogP contribution is -2.35. The molecule has 0 saturated carbocycles. The van der Waals surface area contributed by atoms with Gasteiger partial charge in [0.1, 0.15) is 17.2 Å². The van der Waals surface area contributed by atoms with E-state index in [-0.39, 0.29) is 23.9 Å². The summed E-state index contributed by atoms with van der Waals surface area (Å²) in [4.78, 5) is 15.0. The number of anilines is 1. The normalized spacial score (nSPS) is 15.8. The average Bonchev–Trinajstić information content (AvgIpc) is 2.85. The molecule has 0 fully saturated rings. The summed E-state index contributed by atoms with van der Waals surface area (Å²) in [6, 6.07) is 10.7. The highest BCUT2D eigenvalue weighted by Crippen LogP contribution is 2.31. The molecule has 0 radical (unpaired) electrons. The zero-order chi connectivity index (χ0) is 26.5. The molecule has 0 spiro atoms. The minimum atomic E-state index is -4.68. The Morgan fingerprint density at radius 1 is 1.31 bits per heavy atom. The van der Waals surface area contributed by atoms with Crippen LogP contribution in [0.2, 0.25) is 0 Å². The topological polar surface area (TPSA) is 85.7 Å². The predicted octanol–water partition coefficient (Wildman–Crippen LogP) is 5.78. The third kappa shape index (κ3) is 6.48. The molecule has 0 aromatic heterocycles. The van der Waals surface area contributed by atoms with Crippen LogP contribution in [0.15, 0.2) is 77.5 Å². The second-order valence-electron chi connectivity index (χ2n) is 8.01. The summed E-state index contributed by atoms with van der Waals surface area (Å²) in [6.07, 6.45) is 1.99. The molecule has 1 unspecified atom stereocenters. The Hall–Kier alpha value is -3.72. The van der Waals surface area contributed by atoms with Gasteiger partial charge in [-0.15, -0.1) is 0 Å². The molecule has 0 saturated heterocycles. The second-order valence-corrected chi connectivity index (χ2v) is 8.45. The first-order valence-electron chi connectivity index (χ1n) is 10.9. The summed E-state index contributed by atoms with van der Waals surface area (Å²) in [5.74, 6) is -0.358. The van der Waals surface area contributed by atoms with Crippen molar-refractivity contribution in [2.75, 3.05) is 25.6 Å². The highest BCUT2D eigenvalue weighted by atomic mass is 35.5. The maximum absolute atomic E-state index is 13.5. The fourth-order valence-electron chi connectivity index (χ4n) is 3.66. The van der Waals surface area contributed by atoms with Crippen LogP contribution in [0.4, 0.5) is 18.9 Å². The van der Waals surface area contributed by atoms with Crippen molar-refractivity contribution in [3.63, 3.8) is 0 Å². The number of methoxy groups -OCH3 is 1. The summed E-state index contributed by atoms with van der Waals surface area (Å²) in [7, 11) is 2.59. The lowest BCUT2D eigenvalue weighted by atomic mass is 9.99. The number of nitrogens with one attached hydrogen (secondary N) is 2. The Labute approximate surface area is 211 Å². The van der Waals surface area contributed by atoms with Gasteiger partial charge >= 0.3 is 6.18 Å². The zero-order valence-corrected chi connectivity index (χ0v) is 20.3. The van der Waals surface area contributed by atoms with Crippen molar-refractivity contribution in [2.24, 2.45) is 5.92 Å². The monoisotopic (exact) mass is 519 g/mol. The van der Waals surface area contributed by atoms with Gasteiger partial charge in [0.25, 0.3) is 5.91 Å². The lowest BCUT2D eigenvalue weighted by Gasteiger charge is -2.28. The first kappa shape index (κ1) is 26.9. The molecule has 1 atom stereocenters. The summed E-state index contributed by atoms with van der Waals surface area (Å²) in [5, 5.41) is 21.3. The third-order valence-electron chi connectivity index (χ3n) is 5.57. The van der Waals surface area contributed by atoms with Crippen LogP contribution in [0.5, 0.6) is 11.5 Å². The third-order valence-corrected chi connectivity index (χ3v) is 5.85. The lowest BCUT2D eigenvalue weighted by molar-refractivity contribution is -0.0958. The minimum Gasteiger partial charge on any atom is -0.507 e. The number of carbonyl (C=O) groups excluding carboxylic acids is 1. The van der Waals surface area contributed by atoms with Crippen LogP contribution >= 0.6 is 11.6 Å². The molecule has 6 nitrogen and oxygen atoms in total. The van der Waals surface area contributed by atoms with E-state index in [1.807, 2.05) is 17.5 Å². The number of hydrogen-bond donors (Lipinski definition) is 3. The molecule has 1 amide bonds. The van der Waals surface area contributed by atoms with Gasteiger partial charge in [0.15, 0.2) is 0 Å². The van der Waals surface area contributed by atoms with Crippen LogP contribution in [-0.2, 0) is 0 Å². The Kier molecular flexibility index (Phi) is 8.47. The average molecular weight is 520 g/mol. The summed E-state index contributed by atoms with van der Waals surface area (Å²) >= 11 is 6.02. The van der Waals surface area contributed by atoms with Gasteiger partial charge in [-0.05, 0) is 54.8 Å². The molecule has 2 aromatic rings. The predicted molar refractivity (Wildman–Crippen MR) is 134 cm³/mol. The number of rotatable bonds is 8. The van der Waals surface area contributed by atoms with E-state index in [0.717, 1.165) is 7.05 Å². The minimum absolute atomic E-state index is 0.0601. The van der Waals surface area contributed by atoms with Gasteiger partial charge in [-0.2, -0.15) is 13.2 Å². The van der Waals surface area contributed by atoms with Gasteiger partial charge in [-0.1, -0.05) is 29.8 Å². The molecule has 36 heavy (non-hydrogen) atoms. The van der Waals surface area contributed by atoms with Crippen molar-refractivity contribution in [3.8, 4) is 11.5 Å². The van der Waals surface area contributed by atoms with Crippen molar-refractivity contribution in [1.82, 2.24) is 5.32 Å². The van der Waals surface area contributed by atoms with Crippen LogP contribution in [0.3, 0.4) is 0 Å². The molecule has 190 valence electrons. The summed E-state index contributed by atoms with van der Waals surface area (Å²) < 4.78 is 44.4. The largest absolute Gasteiger partial charge is 0.507 e. The van der Waals surface area contributed by atoms with Crippen molar-refractivity contribution in [2.45, 2.75) is 12.6 Å². The van der Waals surface area contributed by atoms with Gasteiger partial charge in [-0.3, -0.25) is 4.79 Å². The molecule has 2 aromatic carbocycles. The number of amides is 1. The molecule has 0 aliphatic heterocycles. The van der Waals surface area contributed by atoms with E-state index in [2.05, 4.69) is 0 Å². The Morgan fingerprint density at radius 3 is 2.64 bits per heavy atom. The van der Waals surface area contributed by atoms with Gasteiger partial charge < -0.3 is 25.5 Å². The van der Waals surface area contributed by atoms with Crippen LogP contribution in [-0.4, -0.2) is 43.6 Å². The highest BCUT2D eigenvalue weighted by molar-refractivity contribution is 6.31. The number of halogens is 4. The van der Waals surface area contributed by atoms with Crippen LogP contribution in [0, 0.1) is 11.3 Å². The number of carbonyl (C=O) groups is 1. The maximum Gasteiger partial charge on any atom is 0.430 e. The molecular formula is C26H25ClF3N3O3. The molecule has 0 bridgehead atoms. The molecule has 3 rings (SSSR count). The molecule has 0 heterocycles. The Balaban J connectivity index is 1.97. The van der Waals surface area contributed by atoms with Crippen LogP contribution in [0.1, 0.15) is 22.3 Å². The molecule has 1 aliphatic rings. The van der Waals surface area contributed by atoms with Crippen molar-refractivity contribution < 1.29 is 27.8 Å². The Morgan fingerprint density at radius 2 is 2.06 bits per heavy atom. The summed E-state index contributed by atoms with van der Waals surface area (Å²) in [6.45, 7) is 0.251. The first-order valence-corrected chi connectivity index (χ1v) is 11.3. The number of hydrogen-bond acceptors (Lipinski definition) is 5. The van der Waals surface area contributed by atoms with Gasteiger partial charge in [-0.25, -0.2) is 0 Å². The fraction of sp³-hybridized carbons (Fsp3) is 0.231. The zero-order valence-electron chi connectivity index (χ0n) is 19.6. The van der Waals surface area contributed by atoms with Crippen molar-refractivity contribution in [3.05, 3.63) is 88.6 Å². The van der Waals surface area contributed by atoms with E-state index in [1.165, 1.54) is 30.2 Å². The van der Waals surface area contributed by atoms with E-state index in [9.17, 15) is 23.1 Å². The SMILES string of the molecule is CN/C(=C\C(=N)c1ccc(N(CC2C=CC(Cl)=CC2)C(=O)c2cccc(OC)c2)cc1O)C(F)(F)F. The van der Waals surface area contributed by atoms with Gasteiger partial charge in [0, 0.05) is 41.5 Å². The maximum atomic E-state index is 13.5. The number of alkyl halides is 3. The first-order chi connectivity index (χ1) is 17.0. The van der Waals surface area contributed by atoms with E-state index in [0.29, 0.717) is 34.5 Å². The smallest absolute Gasteiger partial charge is 0.430 e. The molecular weight excluding hydrogens is 495 g/mol. The summed E-state index contributed by atoms with van der Waals surface area (Å²) in [5.41, 5.74) is -1.11. The van der Waals surface area contributed by atoms with E-state index >= 15 is 0 Å². The van der Waals surface area contributed by atoms with E-state index in [4.69, 9.17) is 21.7 Å². The quantitative estimate of drug-likeness (QED) is 0.386. The molecule has 10 heteroatoms.